The second-order valence-corrected chi connectivity index (χ2v) is 5.90. The maximum Gasteiger partial charge on any atom is 0.304 e. The lowest BCUT2D eigenvalue weighted by Gasteiger charge is -2.27. The minimum Gasteiger partial charge on any atom is -0.352 e. The van der Waals surface area contributed by atoms with Crippen molar-refractivity contribution in [2.24, 2.45) is 11.3 Å². The molecule has 0 heterocycles. The van der Waals surface area contributed by atoms with Gasteiger partial charge < -0.3 is 5.32 Å². The number of nitro groups is 1. The van der Waals surface area contributed by atoms with E-state index in [1.807, 2.05) is 6.92 Å². The van der Waals surface area contributed by atoms with Crippen molar-refractivity contribution in [3.63, 3.8) is 0 Å². The Morgan fingerprint density at radius 2 is 2.05 bits per heavy atom. The van der Waals surface area contributed by atoms with Gasteiger partial charge in [0, 0.05) is 18.2 Å². The molecule has 5 nitrogen and oxygen atoms in total. The van der Waals surface area contributed by atoms with Gasteiger partial charge in [-0.05, 0) is 23.5 Å². The van der Waals surface area contributed by atoms with Crippen LogP contribution < -0.4 is 5.32 Å². The van der Waals surface area contributed by atoms with Crippen LogP contribution in [0.5, 0.6) is 0 Å². The van der Waals surface area contributed by atoms with E-state index in [4.69, 9.17) is 0 Å². The fourth-order valence-electron chi connectivity index (χ4n) is 1.45. The molecule has 0 aromatic heterocycles. The molecule has 1 aromatic carbocycles. The van der Waals surface area contributed by atoms with E-state index in [1.165, 1.54) is 6.07 Å². The Bertz CT molecular complexity index is 524. The molecule has 0 aliphatic carbocycles. The van der Waals surface area contributed by atoms with Crippen LogP contribution in [0.25, 0.3) is 0 Å². The van der Waals surface area contributed by atoms with Crippen LogP contribution in [0.15, 0.2) is 18.2 Å². The van der Waals surface area contributed by atoms with Crippen LogP contribution in [-0.4, -0.2) is 17.4 Å². The molecule has 110 valence electrons. The number of benzene rings is 1. The highest BCUT2D eigenvalue weighted by atomic mass is 19.1. The second-order valence-electron chi connectivity index (χ2n) is 5.90. The van der Waals surface area contributed by atoms with Gasteiger partial charge in [0.15, 0.2) is 0 Å². The molecule has 0 aliphatic heterocycles. The molecular formula is C14H19FN2O3. The molecule has 0 saturated heterocycles. The molecule has 0 radical (unpaired) electrons. The quantitative estimate of drug-likeness (QED) is 0.681. The van der Waals surface area contributed by atoms with E-state index in [2.05, 4.69) is 26.1 Å². The summed E-state index contributed by atoms with van der Waals surface area (Å²) in [5.41, 5.74) is -0.507. The summed E-state index contributed by atoms with van der Waals surface area (Å²) < 4.78 is 13.4. The maximum atomic E-state index is 13.4. The van der Waals surface area contributed by atoms with Crippen molar-refractivity contribution >= 4 is 11.6 Å². The molecular weight excluding hydrogens is 263 g/mol. The highest BCUT2D eigenvalue weighted by molar-refractivity contribution is 5.94. The van der Waals surface area contributed by atoms with Crippen molar-refractivity contribution in [1.29, 1.82) is 0 Å². The van der Waals surface area contributed by atoms with E-state index >= 15 is 0 Å². The molecule has 1 rings (SSSR count). The zero-order valence-corrected chi connectivity index (χ0v) is 12.1. The standard InChI is InChI=1S/C14H19FN2O3/c1-9(14(2,3)4)8-16-13(18)10-5-6-12(17(19)20)11(15)7-10/h5-7,9H,8H2,1-4H3,(H,16,18). The molecule has 1 N–H and O–H groups in total. The van der Waals surface area contributed by atoms with E-state index in [9.17, 15) is 19.3 Å². The zero-order chi connectivity index (χ0) is 15.5. The van der Waals surface area contributed by atoms with Gasteiger partial charge in [-0.2, -0.15) is 4.39 Å². The molecule has 0 saturated carbocycles. The summed E-state index contributed by atoms with van der Waals surface area (Å²) in [5.74, 6) is -1.20. The number of nitrogens with zero attached hydrogens (tertiary/aromatic N) is 1. The average Bonchev–Trinajstić information content (AvgIpc) is 2.33. The third kappa shape index (κ3) is 4.01. The fourth-order valence-corrected chi connectivity index (χ4v) is 1.45. The van der Waals surface area contributed by atoms with E-state index < -0.39 is 22.3 Å². The number of hydrogen-bond acceptors (Lipinski definition) is 3. The Labute approximate surface area is 117 Å². The normalized spacial score (nSPS) is 12.8. The van der Waals surface area contributed by atoms with Gasteiger partial charge in [0.05, 0.1) is 4.92 Å². The van der Waals surface area contributed by atoms with Crippen LogP contribution in [0, 0.1) is 27.3 Å². The second kappa shape index (κ2) is 5.98. The largest absolute Gasteiger partial charge is 0.352 e. The van der Waals surface area contributed by atoms with Gasteiger partial charge in [-0.3, -0.25) is 14.9 Å². The smallest absolute Gasteiger partial charge is 0.304 e. The van der Waals surface area contributed by atoms with E-state index in [0.29, 0.717) is 6.54 Å². The van der Waals surface area contributed by atoms with Gasteiger partial charge in [0.2, 0.25) is 5.82 Å². The predicted octanol–water partition coefficient (Wildman–Crippen LogP) is 3.15. The fraction of sp³-hybridized carbons (Fsp3) is 0.500. The van der Waals surface area contributed by atoms with Gasteiger partial charge in [0.25, 0.3) is 5.91 Å². The Morgan fingerprint density at radius 3 is 2.50 bits per heavy atom. The van der Waals surface area contributed by atoms with E-state index in [1.54, 1.807) is 0 Å². The van der Waals surface area contributed by atoms with Crippen molar-refractivity contribution in [1.82, 2.24) is 5.32 Å². The molecule has 0 spiro atoms. The Morgan fingerprint density at radius 1 is 1.45 bits per heavy atom. The van der Waals surface area contributed by atoms with Gasteiger partial charge in [-0.25, -0.2) is 0 Å². The topological polar surface area (TPSA) is 72.2 Å². The van der Waals surface area contributed by atoms with E-state index in [0.717, 1.165) is 12.1 Å². The molecule has 1 unspecified atom stereocenters. The van der Waals surface area contributed by atoms with Crippen molar-refractivity contribution in [3.05, 3.63) is 39.7 Å². The van der Waals surface area contributed by atoms with Crippen molar-refractivity contribution < 1.29 is 14.1 Å². The minimum atomic E-state index is -1.01. The van der Waals surface area contributed by atoms with Crippen molar-refractivity contribution in [2.75, 3.05) is 6.54 Å². The lowest BCUT2D eigenvalue weighted by atomic mass is 9.82. The van der Waals surface area contributed by atoms with E-state index in [-0.39, 0.29) is 16.9 Å². The average molecular weight is 282 g/mol. The number of hydrogen-bond donors (Lipinski definition) is 1. The summed E-state index contributed by atoms with van der Waals surface area (Å²) in [6.07, 6.45) is 0. The van der Waals surface area contributed by atoms with Crippen LogP contribution in [0.4, 0.5) is 10.1 Å². The number of halogens is 1. The van der Waals surface area contributed by atoms with Crippen LogP contribution >= 0.6 is 0 Å². The minimum absolute atomic E-state index is 0.0496. The van der Waals surface area contributed by atoms with Gasteiger partial charge in [-0.15, -0.1) is 0 Å². The monoisotopic (exact) mass is 282 g/mol. The lowest BCUT2D eigenvalue weighted by molar-refractivity contribution is -0.387. The van der Waals surface area contributed by atoms with Crippen molar-refractivity contribution in [3.8, 4) is 0 Å². The number of rotatable bonds is 4. The highest BCUT2D eigenvalue weighted by Gasteiger charge is 2.21. The highest BCUT2D eigenvalue weighted by Crippen LogP contribution is 2.24. The molecule has 0 bridgehead atoms. The number of amides is 1. The number of carbonyl (C=O) groups excluding carboxylic acids is 1. The molecule has 1 aromatic rings. The van der Waals surface area contributed by atoms with Gasteiger partial charge in [-0.1, -0.05) is 27.7 Å². The van der Waals surface area contributed by atoms with Gasteiger partial charge >= 0.3 is 5.69 Å². The first-order valence-electron chi connectivity index (χ1n) is 6.35. The Balaban J connectivity index is 2.74. The Hall–Kier alpha value is -1.98. The first-order valence-corrected chi connectivity index (χ1v) is 6.35. The predicted molar refractivity (Wildman–Crippen MR) is 74.0 cm³/mol. The van der Waals surface area contributed by atoms with Crippen LogP contribution in [-0.2, 0) is 0 Å². The van der Waals surface area contributed by atoms with Crippen molar-refractivity contribution in [2.45, 2.75) is 27.7 Å². The molecule has 0 fully saturated rings. The molecule has 1 amide bonds. The molecule has 1 atom stereocenters. The molecule has 6 heteroatoms. The SMILES string of the molecule is CC(CNC(=O)c1ccc([N+](=O)[O-])c(F)c1)C(C)(C)C. The Kier molecular flexibility index (Phi) is 4.81. The van der Waals surface area contributed by atoms with Crippen LogP contribution in [0.2, 0.25) is 0 Å². The summed E-state index contributed by atoms with van der Waals surface area (Å²) in [5, 5.41) is 13.2. The molecule has 0 aliphatic rings. The number of carbonyl (C=O) groups is 1. The number of nitro benzene ring substituents is 1. The first kappa shape index (κ1) is 16.1. The summed E-state index contributed by atoms with van der Waals surface area (Å²) in [4.78, 5) is 21.5. The lowest BCUT2D eigenvalue weighted by Crippen LogP contribution is -2.33. The first-order chi connectivity index (χ1) is 9.12. The third-order valence-electron chi connectivity index (χ3n) is 3.45. The summed E-state index contributed by atoms with van der Waals surface area (Å²) in [6.45, 7) is 8.66. The molecule has 20 heavy (non-hydrogen) atoms. The summed E-state index contributed by atoms with van der Waals surface area (Å²) >= 11 is 0. The van der Waals surface area contributed by atoms with Crippen LogP contribution in [0.3, 0.4) is 0 Å². The number of nitrogens with one attached hydrogen (secondary N) is 1. The zero-order valence-electron chi connectivity index (χ0n) is 12.1. The van der Waals surface area contributed by atoms with Crippen LogP contribution in [0.1, 0.15) is 38.1 Å². The van der Waals surface area contributed by atoms with Gasteiger partial charge in [0.1, 0.15) is 0 Å². The maximum absolute atomic E-state index is 13.4. The third-order valence-corrected chi connectivity index (χ3v) is 3.45. The summed E-state index contributed by atoms with van der Waals surface area (Å²) in [7, 11) is 0. The summed E-state index contributed by atoms with van der Waals surface area (Å²) in [6, 6.07) is 3.13.